The average Bonchev–Trinajstić information content (AvgIpc) is 2.95. The molecule has 0 N–H and O–H groups in total. The van der Waals surface area contributed by atoms with E-state index in [0.717, 1.165) is 13.1 Å². The van der Waals surface area contributed by atoms with Crippen LogP contribution in [0.3, 0.4) is 0 Å². The zero-order valence-electron chi connectivity index (χ0n) is 10.0. The number of rotatable bonds is 5. The van der Waals surface area contributed by atoms with Crippen molar-refractivity contribution in [3.63, 3.8) is 0 Å². The Labute approximate surface area is 111 Å². The van der Waals surface area contributed by atoms with Crippen LogP contribution in [0.1, 0.15) is 17.8 Å². The lowest BCUT2D eigenvalue weighted by molar-refractivity contribution is 0.250. The van der Waals surface area contributed by atoms with Crippen molar-refractivity contribution in [3.8, 4) is 0 Å². The van der Waals surface area contributed by atoms with E-state index < -0.39 is 0 Å². The highest BCUT2D eigenvalue weighted by atomic mass is 35.5. The van der Waals surface area contributed by atoms with Crippen molar-refractivity contribution in [1.82, 2.24) is 14.7 Å². The lowest BCUT2D eigenvalue weighted by Crippen LogP contribution is -2.26. The van der Waals surface area contributed by atoms with E-state index in [0.29, 0.717) is 11.1 Å². The second kappa shape index (κ2) is 5.67. The number of aromatic nitrogens is 2. The quantitative estimate of drug-likeness (QED) is 0.831. The van der Waals surface area contributed by atoms with Crippen LogP contribution < -0.4 is 0 Å². The number of hydrogen-bond donors (Lipinski definition) is 0. The standard InChI is InChI=1S/C12H16ClN3S/c1-10(12-4-3-7-17-12)15(2)5-6-16-9-11(13)8-14-16/h3-4,7-10H,5-6H2,1-2H3. The molecule has 5 heteroatoms. The van der Waals surface area contributed by atoms with Gasteiger partial charge in [0.05, 0.1) is 17.8 Å². The van der Waals surface area contributed by atoms with Crippen molar-refractivity contribution in [2.24, 2.45) is 0 Å². The minimum absolute atomic E-state index is 0.445. The molecular formula is C12H16ClN3S. The van der Waals surface area contributed by atoms with Crippen LogP contribution in [0.2, 0.25) is 5.02 Å². The number of halogens is 1. The summed E-state index contributed by atoms with van der Waals surface area (Å²) in [6, 6.07) is 4.72. The molecule has 1 unspecified atom stereocenters. The van der Waals surface area contributed by atoms with Gasteiger partial charge in [-0.2, -0.15) is 5.10 Å². The zero-order chi connectivity index (χ0) is 12.3. The first kappa shape index (κ1) is 12.6. The van der Waals surface area contributed by atoms with Gasteiger partial charge in [-0.3, -0.25) is 9.58 Å². The van der Waals surface area contributed by atoms with Gasteiger partial charge in [-0.05, 0) is 25.4 Å². The molecule has 0 aliphatic rings. The smallest absolute Gasteiger partial charge is 0.0785 e. The van der Waals surface area contributed by atoms with Crippen molar-refractivity contribution in [1.29, 1.82) is 0 Å². The second-order valence-electron chi connectivity index (χ2n) is 4.09. The third kappa shape index (κ3) is 3.31. The molecule has 0 saturated heterocycles. The zero-order valence-corrected chi connectivity index (χ0v) is 11.6. The maximum absolute atomic E-state index is 5.82. The summed E-state index contributed by atoms with van der Waals surface area (Å²) >= 11 is 7.62. The molecule has 0 aromatic carbocycles. The van der Waals surface area contributed by atoms with Gasteiger partial charge in [0.2, 0.25) is 0 Å². The van der Waals surface area contributed by atoms with Gasteiger partial charge in [0.15, 0.2) is 0 Å². The molecule has 17 heavy (non-hydrogen) atoms. The maximum atomic E-state index is 5.82. The molecule has 1 atom stereocenters. The molecule has 0 amide bonds. The Morgan fingerprint density at radius 1 is 1.59 bits per heavy atom. The molecular weight excluding hydrogens is 254 g/mol. The minimum atomic E-state index is 0.445. The Balaban J connectivity index is 1.87. The third-order valence-corrected chi connectivity index (χ3v) is 4.14. The summed E-state index contributed by atoms with van der Waals surface area (Å²) in [6.07, 6.45) is 3.52. The summed E-state index contributed by atoms with van der Waals surface area (Å²) in [6.45, 7) is 4.04. The molecule has 0 saturated carbocycles. The first-order chi connectivity index (χ1) is 8.16. The molecule has 2 rings (SSSR count). The van der Waals surface area contributed by atoms with Gasteiger partial charge >= 0.3 is 0 Å². The lowest BCUT2D eigenvalue weighted by atomic mass is 10.2. The fourth-order valence-corrected chi connectivity index (χ4v) is 2.67. The lowest BCUT2D eigenvalue weighted by Gasteiger charge is -2.23. The molecule has 0 aliphatic carbocycles. The molecule has 92 valence electrons. The molecule has 0 bridgehead atoms. The van der Waals surface area contributed by atoms with E-state index >= 15 is 0 Å². The van der Waals surface area contributed by atoms with E-state index in [4.69, 9.17) is 11.6 Å². The first-order valence-corrected chi connectivity index (χ1v) is 6.84. The summed E-state index contributed by atoms with van der Waals surface area (Å²) in [5, 5.41) is 6.98. The molecule has 0 spiro atoms. The molecule has 0 aliphatic heterocycles. The Kier molecular flexibility index (Phi) is 4.20. The van der Waals surface area contributed by atoms with E-state index in [1.165, 1.54) is 4.88 Å². The minimum Gasteiger partial charge on any atom is -0.297 e. The Morgan fingerprint density at radius 2 is 2.41 bits per heavy atom. The predicted molar refractivity (Wildman–Crippen MR) is 72.6 cm³/mol. The largest absolute Gasteiger partial charge is 0.297 e. The van der Waals surface area contributed by atoms with Gasteiger partial charge in [0.1, 0.15) is 0 Å². The summed E-state index contributed by atoms with van der Waals surface area (Å²) in [5.41, 5.74) is 0. The van der Waals surface area contributed by atoms with Crippen LogP contribution in [0.25, 0.3) is 0 Å². The molecule has 2 aromatic heterocycles. The average molecular weight is 270 g/mol. The third-order valence-electron chi connectivity index (χ3n) is 2.90. The maximum Gasteiger partial charge on any atom is 0.0785 e. The normalized spacial score (nSPS) is 13.2. The highest BCUT2D eigenvalue weighted by molar-refractivity contribution is 7.10. The number of nitrogens with zero attached hydrogens (tertiary/aromatic N) is 3. The fraction of sp³-hybridized carbons (Fsp3) is 0.417. The van der Waals surface area contributed by atoms with E-state index in [2.05, 4.69) is 41.5 Å². The van der Waals surface area contributed by atoms with Crippen molar-refractivity contribution in [3.05, 3.63) is 39.8 Å². The van der Waals surface area contributed by atoms with Crippen molar-refractivity contribution in [2.45, 2.75) is 19.5 Å². The van der Waals surface area contributed by atoms with Crippen molar-refractivity contribution >= 4 is 22.9 Å². The van der Waals surface area contributed by atoms with Gasteiger partial charge in [-0.1, -0.05) is 17.7 Å². The van der Waals surface area contributed by atoms with Crippen LogP contribution in [0.5, 0.6) is 0 Å². The monoisotopic (exact) mass is 269 g/mol. The fourth-order valence-electron chi connectivity index (χ4n) is 1.66. The van der Waals surface area contributed by atoms with Gasteiger partial charge in [0.25, 0.3) is 0 Å². The van der Waals surface area contributed by atoms with Crippen LogP contribution in [0.15, 0.2) is 29.9 Å². The number of likely N-dealkylation sites (N-methyl/N-ethyl adjacent to an activating group) is 1. The summed E-state index contributed by atoms with van der Waals surface area (Å²) in [4.78, 5) is 3.72. The van der Waals surface area contributed by atoms with Gasteiger partial charge in [-0.25, -0.2) is 0 Å². The van der Waals surface area contributed by atoms with E-state index in [1.54, 1.807) is 17.5 Å². The molecule has 0 radical (unpaired) electrons. The highest BCUT2D eigenvalue weighted by Crippen LogP contribution is 2.23. The Hall–Kier alpha value is -0.840. The van der Waals surface area contributed by atoms with E-state index in [9.17, 15) is 0 Å². The summed E-state index contributed by atoms with van der Waals surface area (Å²) in [5.74, 6) is 0. The van der Waals surface area contributed by atoms with Crippen LogP contribution in [0.4, 0.5) is 0 Å². The second-order valence-corrected chi connectivity index (χ2v) is 5.51. The molecule has 2 heterocycles. The van der Waals surface area contributed by atoms with Gasteiger partial charge in [-0.15, -0.1) is 11.3 Å². The first-order valence-electron chi connectivity index (χ1n) is 5.58. The Morgan fingerprint density at radius 3 is 3.00 bits per heavy atom. The highest BCUT2D eigenvalue weighted by Gasteiger charge is 2.12. The van der Waals surface area contributed by atoms with Crippen molar-refractivity contribution < 1.29 is 0 Å². The molecule has 3 nitrogen and oxygen atoms in total. The number of hydrogen-bond acceptors (Lipinski definition) is 3. The van der Waals surface area contributed by atoms with Crippen LogP contribution in [0, 0.1) is 0 Å². The summed E-state index contributed by atoms with van der Waals surface area (Å²) < 4.78 is 1.87. The predicted octanol–water partition coefficient (Wildman–Crippen LogP) is 3.29. The molecule has 2 aromatic rings. The van der Waals surface area contributed by atoms with Crippen LogP contribution >= 0.6 is 22.9 Å². The van der Waals surface area contributed by atoms with E-state index in [1.807, 2.05) is 10.9 Å². The Bertz CT molecular complexity index is 452. The van der Waals surface area contributed by atoms with Gasteiger partial charge < -0.3 is 0 Å². The van der Waals surface area contributed by atoms with Crippen LogP contribution in [-0.2, 0) is 6.54 Å². The van der Waals surface area contributed by atoms with Crippen LogP contribution in [-0.4, -0.2) is 28.3 Å². The summed E-state index contributed by atoms with van der Waals surface area (Å²) in [7, 11) is 2.13. The SMILES string of the molecule is CC(c1cccs1)N(C)CCn1cc(Cl)cn1. The van der Waals surface area contributed by atoms with E-state index in [-0.39, 0.29) is 0 Å². The topological polar surface area (TPSA) is 21.1 Å². The van der Waals surface area contributed by atoms with Gasteiger partial charge in [0, 0.05) is 23.7 Å². The molecule has 0 fully saturated rings. The van der Waals surface area contributed by atoms with Crippen molar-refractivity contribution in [2.75, 3.05) is 13.6 Å². The number of thiophene rings is 1.